The van der Waals surface area contributed by atoms with Gasteiger partial charge in [0.2, 0.25) is 0 Å². The molecule has 0 atom stereocenters. The maximum Gasteiger partial charge on any atom is 0.341 e. The second kappa shape index (κ2) is 4.26. The van der Waals surface area contributed by atoms with Crippen LogP contribution in [0.4, 0.5) is 4.39 Å². The molecule has 0 bridgehead atoms. The first-order valence-corrected chi connectivity index (χ1v) is 5.86. The number of rotatable bonds is 2. The lowest BCUT2D eigenvalue weighted by Gasteiger charge is -2.19. The molecule has 1 aromatic heterocycles. The van der Waals surface area contributed by atoms with Gasteiger partial charge >= 0.3 is 11.8 Å². The predicted octanol–water partition coefficient (Wildman–Crippen LogP) is 3.05. The number of hydrogen-bond acceptors (Lipinski definition) is 5. The maximum atomic E-state index is 13.6. The summed E-state index contributed by atoms with van der Waals surface area (Å²) in [5.74, 6) is -2.02. The molecule has 104 valence electrons. The molecule has 0 unspecified atom stereocenters. The molecule has 5 nitrogen and oxygen atoms in total. The van der Waals surface area contributed by atoms with Crippen LogP contribution in [-0.4, -0.2) is 13.1 Å². The fourth-order valence-electron chi connectivity index (χ4n) is 2.06. The quantitative estimate of drug-likeness (QED) is 0.790. The van der Waals surface area contributed by atoms with E-state index in [-0.39, 0.29) is 11.1 Å². The lowest BCUT2D eigenvalue weighted by atomic mass is 10.1. The van der Waals surface area contributed by atoms with Crippen LogP contribution in [0.25, 0.3) is 11.0 Å². The van der Waals surface area contributed by atoms with Crippen LogP contribution in [0.15, 0.2) is 35.1 Å². The van der Waals surface area contributed by atoms with E-state index >= 15 is 0 Å². The molecule has 1 aliphatic heterocycles. The molecule has 2 heterocycles. The molecule has 2 aromatic rings. The molecular weight excluding hydrogens is 267 g/mol. The van der Waals surface area contributed by atoms with Crippen molar-refractivity contribution in [1.82, 2.24) is 0 Å². The Morgan fingerprint density at radius 3 is 2.60 bits per heavy atom. The number of carbonyl (C=O) groups excluding carboxylic acids is 1. The minimum absolute atomic E-state index is 0.0170. The van der Waals surface area contributed by atoms with Crippen LogP contribution in [0.3, 0.4) is 0 Å². The first-order chi connectivity index (χ1) is 9.53. The standard InChI is InChI=1S/C14H11FO5/c1-14(18-3-4-19-14)11-6-8-5-9(15)7-10(12(8)20-11)13(16)17-2/h3-7H,1-2H3. The largest absolute Gasteiger partial charge is 0.465 e. The van der Waals surface area contributed by atoms with Crippen LogP contribution in [0.5, 0.6) is 0 Å². The molecular formula is C14H11FO5. The van der Waals surface area contributed by atoms with E-state index < -0.39 is 17.6 Å². The third-order valence-corrected chi connectivity index (χ3v) is 3.08. The van der Waals surface area contributed by atoms with Gasteiger partial charge in [0.15, 0.2) is 5.76 Å². The molecule has 1 aromatic carbocycles. The minimum Gasteiger partial charge on any atom is -0.465 e. The van der Waals surface area contributed by atoms with Gasteiger partial charge in [0.25, 0.3) is 0 Å². The minimum atomic E-state index is -1.12. The topological polar surface area (TPSA) is 57.9 Å². The smallest absolute Gasteiger partial charge is 0.341 e. The van der Waals surface area contributed by atoms with E-state index in [4.69, 9.17) is 13.9 Å². The van der Waals surface area contributed by atoms with Crippen LogP contribution in [-0.2, 0) is 20.0 Å². The Balaban J connectivity index is 2.17. The molecule has 0 saturated carbocycles. The Bertz CT molecular complexity index is 708. The van der Waals surface area contributed by atoms with Crippen molar-refractivity contribution < 1.29 is 27.8 Å². The highest BCUT2D eigenvalue weighted by Crippen LogP contribution is 2.36. The van der Waals surface area contributed by atoms with Gasteiger partial charge in [-0.25, -0.2) is 9.18 Å². The summed E-state index contributed by atoms with van der Waals surface area (Å²) in [6.07, 6.45) is 2.77. The molecule has 6 heteroatoms. The van der Waals surface area contributed by atoms with Gasteiger partial charge in [-0.05, 0) is 18.2 Å². The number of carbonyl (C=O) groups is 1. The van der Waals surface area contributed by atoms with Crippen molar-refractivity contribution in [3.63, 3.8) is 0 Å². The van der Waals surface area contributed by atoms with Crippen molar-refractivity contribution in [3.05, 3.63) is 47.9 Å². The van der Waals surface area contributed by atoms with E-state index in [1.165, 1.54) is 25.7 Å². The summed E-state index contributed by atoms with van der Waals surface area (Å²) in [6.45, 7) is 1.65. The highest BCUT2D eigenvalue weighted by atomic mass is 19.1. The molecule has 20 heavy (non-hydrogen) atoms. The molecule has 0 fully saturated rings. The molecule has 0 amide bonds. The summed E-state index contributed by atoms with van der Waals surface area (Å²) >= 11 is 0. The number of halogens is 1. The zero-order chi connectivity index (χ0) is 14.3. The summed E-state index contributed by atoms with van der Waals surface area (Å²) in [6, 6.07) is 3.90. The van der Waals surface area contributed by atoms with Crippen molar-refractivity contribution in [2.45, 2.75) is 12.7 Å². The molecule has 3 rings (SSSR count). The summed E-state index contributed by atoms with van der Waals surface area (Å²) in [7, 11) is 1.22. The number of hydrogen-bond donors (Lipinski definition) is 0. The third-order valence-electron chi connectivity index (χ3n) is 3.08. The van der Waals surface area contributed by atoms with Gasteiger partial charge in [-0.15, -0.1) is 0 Å². The molecule has 0 N–H and O–H groups in total. The second-order valence-electron chi connectivity index (χ2n) is 4.43. The highest BCUT2D eigenvalue weighted by Gasteiger charge is 2.36. The van der Waals surface area contributed by atoms with Crippen LogP contribution in [0.2, 0.25) is 0 Å². The zero-order valence-corrected chi connectivity index (χ0v) is 10.8. The van der Waals surface area contributed by atoms with Crippen molar-refractivity contribution in [2.24, 2.45) is 0 Å². The van der Waals surface area contributed by atoms with Crippen LogP contribution < -0.4 is 0 Å². The van der Waals surface area contributed by atoms with Gasteiger partial charge in [0.05, 0.1) is 7.11 Å². The second-order valence-corrected chi connectivity index (χ2v) is 4.43. The van der Waals surface area contributed by atoms with Gasteiger partial charge < -0.3 is 18.6 Å². The highest BCUT2D eigenvalue weighted by molar-refractivity contribution is 6.02. The first-order valence-electron chi connectivity index (χ1n) is 5.86. The van der Waals surface area contributed by atoms with Crippen molar-refractivity contribution in [3.8, 4) is 0 Å². The van der Waals surface area contributed by atoms with Gasteiger partial charge in [0, 0.05) is 12.3 Å². The lowest BCUT2D eigenvalue weighted by Crippen LogP contribution is -2.21. The Morgan fingerprint density at radius 2 is 1.95 bits per heavy atom. The van der Waals surface area contributed by atoms with Gasteiger partial charge in [-0.3, -0.25) is 0 Å². The summed E-state index contributed by atoms with van der Waals surface area (Å²) in [5.41, 5.74) is 0.247. The average Bonchev–Trinajstić information content (AvgIpc) is 3.04. The van der Waals surface area contributed by atoms with E-state index in [0.717, 1.165) is 6.07 Å². The molecule has 1 aliphatic rings. The number of ether oxygens (including phenoxy) is 3. The Morgan fingerprint density at radius 1 is 1.25 bits per heavy atom. The normalized spacial score (nSPS) is 15.9. The predicted molar refractivity (Wildman–Crippen MR) is 66.2 cm³/mol. The number of furan rings is 1. The Labute approximate surface area is 113 Å². The SMILES string of the molecule is COC(=O)c1cc(F)cc2cc(C3(C)OC=CO3)oc12. The van der Waals surface area contributed by atoms with Crippen LogP contribution in [0, 0.1) is 5.82 Å². The van der Waals surface area contributed by atoms with Crippen molar-refractivity contribution in [1.29, 1.82) is 0 Å². The Hall–Kier alpha value is -2.50. The summed E-state index contributed by atoms with van der Waals surface area (Å²) < 4.78 is 34.4. The number of methoxy groups -OCH3 is 1. The first kappa shape index (κ1) is 12.5. The number of esters is 1. The van der Waals surface area contributed by atoms with Crippen molar-refractivity contribution in [2.75, 3.05) is 7.11 Å². The summed E-state index contributed by atoms with van der Waals surface area (Å²) in [5, 5.41) is 0.431. The molecule has 0 radical (unpaired) electrons. The monoisotopic (exact) mass is 278 g/mol. The van der Waals surface area contributed by atoms with E-state index in [1.54, 1.807) is 13.0 Å². The van der Waals surface area contributed by atoms with E-state index in [2.05, 4.69) is 4.74 Å². The van der Waals surface area contributed by atoms with Gasteiger partial charge in [-0.2, -0.15) is 0 Å². The summed E-state index contributed by atoms with van der Waals surface area (Å²) in [4.78, 5) is 11.7. The third kappa shape index (κ3) is 1.80. The number of fused-ring (bicyclic) bond motifs is 1. The maximum absolute atomic E-state index is 13.6. The molecule has 0 spiro atoms. The van der Waals surface area contributed by atoms with Gasteiger partial charge in [0.1, 0.15) is 29.5 Å². The number of benzene rings is 1. The van der Waals surface area contributed by atoms with E-state index in [1.807, 2.05) is 0 Å². The van der Waals surface area contributed by atoms with Crippen LogP contribution >= 0.6 is 0 Å². The molecule has 0 saturated heterocycles. The van der Waals surface area contributed by atoms with Crippen molar-refractivity contribution >= 4 is 16.9 Å². The lowest BCUT2D eigenvalue weighted by molar-refractivity contribution is -0.146. The van der Waals surface area contributed by atoms with Crippen LogP contribution in [0.1, 0.15) is 23.0 Å². The average molecular weight is 278 g/mol. The fourth-order valence-corrected chi connectivity index (χ4v) is 2.06. The molecule has 0 aliphatic carbocycles. The fraction of sp³-hybridized carbons (Fsp3) is 0.214. The van der Waals surface area contributed by atoms with Gasteiger partial charge in [-0.1, -0.05) is 0 Å². The van der Waals surface area contributed by atoms with E-state index in [0.29, 0.717) is 11.1 Å². The van der Waals surface area contributed by atoms with E-state index in [9.17, 15) is 9.18 Å². The Kier molecular flexibility index (Phi) is 2.67. The zero-order valence-electron chi connectivity index (χ0n) is 10.8.